The maximum Gasteiger partial charge on any atom is 0.407 e. The highest BCUT2D eigenvalue weighted by molar-refractivity contribution is 5.85. The molecule has 25 heavy (non-hydrogen) atoms. The number of carbonyl (C=O) groups is 2. The highest BCUT2D eigenvalue weighted by Crippen LogP contribution is 2.21. The Labute approximate surface area is 144 Å². The van der Waals surface area contributed by atoms with Crippen molar-refractivity contribution in [3.63, 3.8) is 0 Å². The lowest BCUT2D eigenvalue weighted by atomic mass is 10.0. The van der Waals surface area contributed by atoms with Crippen molar-refractivity contribution in [2.75, 3.05) is 6.54 Å². The summed E-state index contributed by atoms with van der Waals surface area (Å²) in [5.41, 5.74) is -0.577. The fraction of sp³-hybridized carbons (Fsp3) is 0.412. The van der Waals surface area contributed by atoms with Gasteiger partial charge in [0, 0.05) is 18.2 Å². The van der Waals surface area contributed by atoms with Gasteiger partial charge in [0.2, 0.25) is 0 Å². The van der Waals surface area contributed by atoms with Crippen LogP contribution >= 0.6 is 0 Å². The first-order chi connectivity index (χ1) is 11.5. The van der Waals surface area contributed by atoms with E-state index < -0.39 is 35.7 Å². The SMILES string of the molecule is CC(C)(C)OC(=O)NCC(O)C(O)c1ccc(F)c(/C=C/C(=O)O)c1. The van der Waals surface area contributed by atoms with Crippen molar-refractivity contribution in [2.24, 2.45) is 0 Å². The number of hydrogen-bond donors (Lipinski definition) is 4. The van der Waals surface area contributed by atoms with Crippen molar-refractivity contribution in [3.05, 3.63) is 41.2 Å². The zero-order valence-electron chi connectivity index (χ0n) is 14.2. The molecule has 1 rings (SSSR count). The second-order valence-electron chi connectivity index (χ2n) is 6.35. The topological polar surface area (TPSA) is 116 Å². The molecule has 0 aliphatic rings. The van der Waals surface area contributed by atoms with Crippen LogP contribution in [-0.2, 0) is 9.53 Å². The number of carboxylic acid groups (broad SMARTS) is 1. The monoisotopic (exact) mass is 355 g/mol. The van der Waals surface area contributed by atoms with Gasteiger partial charge in [0.1, 0.15) is 23.6 Å². The molecule has 0 spiro atoms. The average Bonchev–Trinajstić information content (AvgIpc) is 2.49. The molecule has 2 unspecified atom stereocenters. The van der Waals surface area contributed by atoms with Gasteiger partial charge in [0.05, 0.1) is 0 Å². The molecule has 0 aliphatic carbocycles. The van der Waals surface area contributed by atoms with Crippen LogP contribution in [0.3, 0.4) is 0 Å². The Hall–Kier alpha value is -2.45. The van der Waals surface area contributed by atoms with Gasteiger partial charge >= 0.3 is 12.1 Å². The fourth-order valence-electron chi connectivity index (χ4n) is 1.87. The number of aliphatic hydroxyl groups is 2. The molecule has 0 saturated carbocycles. The van der Waals surface area contributed by atoms with Crippen molar-refractivity contribution < 1.29 is 34.0 Å². The predicted molar refractivity (Wildman–Crippen MR) is 88.3 cm³/mol. The first kappa shape index (κ1) is 20.6. The normalized spacial score (nSPS) is 14.2. The van der Waals surface area contributed by atoms with Gasteiger partial charge in [-0.3, -0.25) is 0 Å². The molecule has 1 aromatic rings. The van der Waals surface area contributed by atoms with Crippen LogP contribution in [0.15, 0.2) is 24.3 Å². The van der Waals surface area contributed by atoms with Gasteiger partial charge in [-0.2, -0.15) is 0 Å². The number of ether oxygens (including phenoxy) is 1. The number of carboxylic acids is 1. The number of carbonyl (C=O) groups excluding carboxylic acids is 1. The van der Waals surface area contributed by atoms with E-state index in [2.05, 4.69) is 5.32 Å². The number of alkyl carbamates (subject to hydrolysis) is 1. The van der Waals surface area contributed by atoms with Crippen molar-refractivity contribution in [1.82, 2.24) is 5.32 Å². The fourth-order valence-corrected chi connectivity index (χ4v) is 1.87. The maximum absolute atomic E-state index is 13.6. The Morgan fingerprint density at radius 1 is 1.32 bits per heavy atom. The number of aliphatic hydroxyl groups excluding tert-OH is 2. The number of rotatable bonds is 6. The number of nitrogens with one attached hydrogen (secondary N) is 1. The highest BCUT2D eigenvalue weighted by atomic mass is 19.1. The molecule has 2 atom stereocenters. The minimum Gasteiger partial charge on any atom is -0.478 e. The molecule has 1 amide bonds. The van der Waals surface area contributed by atoms with Gasteiger partial charge in [-0.15, -0.1) is 0 Å². The first-order valence-electron chi connectivity index (χ1n) is 7.53. The minimum atomic E-state index is -1.41. The van der Waals surface area contributed by atoms with Crippen LogP contribution in [0.2, 0.25) is 0 Å². The van der Waals surface area contributed by atoms with E-state index in [0.717, 1.165) is 18.2 Å². The molecule has 0 aliphatic heterocycles. The molecular formula is C17H22FNO6. The molecule has 138 valence electrons. The van der Waals surface area contributed by atoms with E-state index in [4.69, 9.17) is 9.84 Å². The Balaban J connectivity index is 2.75. The van der Waals surface area contributed by atoms with Crippen molar-refractivity contribution >= 4 is 18.1 Å². The number of benzene rings is 1. The smallest absolute Gasteiger partial charge is 0.407 e. The molecule has 8 heteroatoms. The standard InChI is InChI=1S/C17H22FNO6/c1-17(2,3)25-16(24)19-9-13(20)15(23)11-4-6-12(18)10(8-11)5-7-14(21)22/h4-8,13,15,20,23H,9H2,1-3H3,(H,19,24)(H,21,22)/b7-5+. The molecule has 0 heterocycles. The summed E-state index contributed by atoms with van der Waals surface area (Å²) in [5, 5.41) is 31.0. The third kappa shape index (κ3) is 7.32. The van der Waals surface area contributed by atoms with Crippen LogP contribution in [-0.4, -0.2) is 45.6 Å². The Kier molecular flexibility index (Phi) is 7.08. The van der Waals surface area contributed by atoms with Crippen LogP contribution in [0.1, 0.15) is 38.0 Å². The summed E-state index contributed by atoms with van der Waals surface area (Å²) in [4.78, 5) is 22.0. The molecule has 0 aromatic heterocycles. The maximum atomic E-state index is 13.6. The van der Waals surface area contributed by atoms with Gasteiger partial charge in [-0.25, -0.2) is 14.0 Å². The van der Waals surface area contributed by atoms with Crippen molar-refractivity contribution in [1.29, 1.82) is 0 Å². The average molecular weight is 355 g/mol. The van der Waals surface area contributed by atoms with Gasteiger partial charge in [0.25, 0.3) is 0 Å². The van der Waals surface area contributed by atoms with Crippen LogP contribution < -0.4 is 5.32 Å². The lowest BCUT2D eigenvalue weighted by Gasteiger charge is -2.22. The summed E-state index contributed by atoms with van der Waals surface area (Å²) in [5.74, 6) is -1.92. The molecular weight excluding hydrogens is 333 g/mol. The third-order valence-electron chi connectivity index (χ3n) is 2.99. The molecule has 4 N–H and O–H groups in total. The first-order valence-corrected chi connectivity index (χ1v) is 7.53. The summed E-state index contributed by atoms with van der Waals surface area (Å²) in [6, 6.07) is 3.53. The molecule has 0 fully saturated rings. The number of halogens is 1. The van der Waals surface area contributed by atoms with E-state index in [1.165, 1.54) is 12.1 Å². The molecule has 0 bridgehead atoms. The third-order valence-corrected chi connectivity index (χ3v) is 2.99. The van der Waals surface area contributed by atoms with E-state index in [1.54, 1.807) is 20.8 Å². The summed E-state index contributed by atoms with van der Waals surface area (Å²) >= 11 is 0. The van der Waals surface area contributed by atoms with E-state index in [-0.39, 0.29) is 17.7 Å². The summed E-state index contributed by atoms with van der Waals surface area (Å²) < 4.78 is 18.6. The van der Waals surface area contributed by atoms with Gasteiger partial charge in [-0.05, 0) is 44.5 Å². The molecule has 7 nitrogen and oxygen atoms in total. The highest BCUT2D eigenvalue weighted by Gasteiger charge is 2.22. The van der Waals surface area contributed by atoms with Gasteiger partial charge in [-0.1, -0.05) is 6.07 Å². The Bertz CT molecular complexity index is 653. The zero-order valence-corrected chi connectivity index (χ0v) is 14.2. The van der Waals surface area contributed by atoms with Gasteiger partial charge < -0.3 is 25.4 Å². The van der Waals surface area contributed by atoms with E-state index >= 15 is 0 Å². The summed E-state index contributed by atoms with van der Waals surface area (Å²) in [6.45, 7) is 4.77. The Morgan fingerprint density at radius 3 is 2.52 bits per heavy atom. The lowest BCUT2D eigenvalue weighted by Crippen LogP contribution is -2.38. The van der Waals surface area contributed by atoms with Gasteiger partial charge in [0.15, 0.2) is 0 Å². The van der Waals surface area contributed by atoms with Crippen LogP contribution in [0.25, 0.3) is 6.08 Å². The van der Waals surface area contributed by atoms with Crippen LogP contribution in [0.4, 0.5) is 9.18 Å². The van der Waals surface area contributed by atoms with Crippen molar-refractivity contribution in [3.8, 4) is 0 Å². The van der Waals surface area contributed by atoms with Crippen molar-refractivity contribution in [2.45, 2.75) is 38.6 Å². The number of amides is 1. The van der Waals surface area contributed by atoms with Crippen LogP contribution in [0.5, 0.6) is 0 Å². The lowest BCUT2D eigenvalue weighted by molar-refractivity contribution is -0.131. The van der Waals surface area contributed by atoms with Crippen LogP contribution in [0, 0.1) is 5.82 Å². The van der Waals surface area contributed by atoms with E-state index in [0.29, 0.717) is 0 Å². The zero-order chi connectivity index (χ0) is 19.2. The molecule has 0 radical (unpaired) electrons. The number of hydrogen-bond acceptors (Lipinski definition) is 5. The second-order valence-corrected chi connectivity index (χ2v) is 6.35. The summed E-state index contributed by atoms with van der Waals surface area (Å²) in [6.07, 6.45) is -1.72. The molecule has 1 aromatic carbocycles. The molecule has 0 saturated heterocycles. The Morgan fingerprint density at radius 2 is 1.96 bits per heavy atom. The predicted octanol–water partition coefficient (Wildman–Crippen LogP) is 1.84. The largest absolute Gasteiger partial charge is 0.478 e. The number of aliphatic carboxylic acids is 1. The second kappa shape index (κ2) is 8.59. The quantitative estimate of drug-likeness (QED) is 0.579. The minimum absolute atomic E-state index is 0.0498. The van der Waals surface area contributed by atoms with E-state index in [9.17, 15) is 24.2 Å². The van der Waals surface area contributed by atoms with E-state index in [1.807, 2.05) is 0 Å². The summed E-state index contributed by atoms with van der Waals surface area (Å²) in [7, 11) is 0.